The Kier molecular flexibility index (Phi) is 8.80. The van der Waals surface area contributed by atoms with E-state index < -0.39 is 0 Å². The third-order valence-corrected chi connectivity index (χ3v) is 11.5. The second kappa shape index (κ2) is 15.0. The first-order valence-electron chi connectivity index (χ1n) is 20.3. The van der Waals surface area contributed by atoms with Gasteiger partial charge in [-0.05, 0) is 75.2 Å². The largest absolute Gasteiger partial charge is 0.309 e. The van der Waals surface area contributed by atoms with Gasteiger partial charge in [0.15, 0.2) is 17.5 Å². The number of nitriles is 1. The number of nitrogens with zero attached hydrogens (tertiary/aromatic N) is 5. The molecule has 0 saturated carbocycles. The highest BCUT2D eigenvalue weighted by atomic mass is 15.0. The Balaban J connectivity index is 0.990. The Morgan fingerprint density at radius 1 is 0.328 bits per heavy atom. The molecule has 61 heavy (non-hydrogen) atoms. The first kappa shape index (κ1) is 35.7. The van der Waals surface area contributed by atoms with Crippen molar-refractivity contribution in [2.24, 2.45) is 0 Å². The summed E-state index contributed by atoms with van der Waals surface area (Å²) in [6.07, 6.45) is 0. The molecule has 0 atom stereocenters. The zero-order valence-corrected chi connectivity index (χ0v) is 32.9. The molecule has 5 nitrogen and oxygen atoms in total. The molecule has 2 heterocycles. The summed E-state index contributed by atoms with van der Waals surface area (Å²) in [5, 5.41) is 14.4. The lowest BCUT2D eigenvalue weighted by Crippen LogP contribution is -2.00. The number of benzene rings is 9. The van der Waals surface area contributed by atoms with Crippen LogP contribution in [0.3, 0.4) is 0 Å². The molecule has 0 aliphatic heterocycles. The maximum atomic E-state index is 9.89. The van der Waals surface area contributed by atoms with E-state index >= 15 is 0 Å². The zero-order chi connectivity index (χ0) is 40.7. The van der Waals surface area contributed by atoms with Gasteiger partial charge in [-0.15, -0.1) is 0 Å². The van der Waals surface area contributed by atoms with Crippen LogP contribution in [0.1, 0.15) is 5.56 Å². The molecule has 2 aromatic heterocycles. The Morgan fingerprint density at radius 3 is 1.28 bits per heavy atom. The Hall–Kier alpha value is -8.46. The van der Waals surface area contributed by atoms with E-state index in [9.17, 15) is 5.26 Å². The van der Waals surface area contributed by atoms with Crippen molar-refractivity contribution in [3.05, 3.63) is 218 Å². The van der Waals surface area contributed by atoms with E-state index in [0.717, 1.165) is 77.6 Å². The molecule has 0 saturated heterocycles. The van der Waals surface area contributed by atoms with Crippen LogP contribution in [0, 0.1) is 11.3 Å². The molecule has 0 amide bonds. The molecular weight excluding hydrogens is 743 g/mol. The molecule has 0 radical (unpaired) electrons. The van der Waals surface area contributed by atoms with Crippen molar-refractivity contribution in [1.82, 2.24) is 19.5 Å². The van der Waals surface area contributed by atoms with E-state index in [2.05, 4.69) is 199 Å². The van der Waals surface area contributed by atoms with Gasteiger partial charge in [0.1, 0.15) is 0 Å². The van der Waals surface area contributed by atoms with Crippen molar-refractivity contribution in [2.45, 2.75) is 0 Å². The molecule has 284 valence electrons. The van der Waals surface area contributed by atoms with Crippen LogP contribution >= 0.6 is 0 Å². The predicted molar refractivity (Wildman–Crippen MR) is 249 cm³/mol. The molecule has 0 unspecified atom stereocenters. The monoisotopic (exact) mass is 777 g/mol. The molecule has 0 aliphatic carbocycles. The van der Waals surface area contributed by atoms with Crippen LogP contribution in [0.15, 0.2) is 212 Å². The number of aromatic nitrogens is 4. The van der Waals surface area contributed by atoms with Gasteiger partial charge in [0, 0.05) is 32.8 Å². The van der Waals surface area contributed by atoms with Gasteiger partial charge in [0.2, 0.25) is 0 Å². The quantitative estimate of drug-likeness (QED) is 0.162. The number of fused-ring (bicyclic) bond motifs is 4. The minimum Gasteiger partial charge on any atom is -0.309 e. The molecule has 11 rings (SSSR count). The molecule has 0 fully saturated rings. The molecule has 5 heteroatoms. The fourth-order valence-electron chi connectivity index (χ4n) is 8.39. The molecule has 9 aromatic carbocycles. The normalized spacial score (nSPS) is 11.3. The fraction of sp³-hybridized carbons (Fsp3) is 0. The first-order chi connectivity index (χ1) is 30.2. The molecule has 0 N–H and O–H groups in total. The van der Waals surface area contributed by atoms with Crippen molar-refractivity contribution in [3.63, 3.8) is 0 Å². The van der Waals surface area contributed by atoms with Crippen LogP contribution < -0.4 is 0 Å². The minimum absolute atomic E-state index is 0.600. The van der Waals surface area contributed by atoms with Crippen molar-refractivity contribution in [2.75, 3.05) is 0 Å². The maximum absolute atomic E-state index is 9.89. The van der Waals surface area contributed by atoms with Crippen molar-refractivity contribution >= 4 is 32.6 Å². The predicted octanol–water partition coefficient (Wildman–Crippen LogP) is 14.0. The van der Waals surface area contributed by atoms with Gasteiger partial charge in [0.25, 0.3) is 0 Å². The van der Waals surface area contributed by atoms with Gasteiger partial charge in [-0.25, -0.2) is 15.0 Å². The summed E-state index contributed by atoms with van der Waals surface area (Å²) in [6.45, 7) is 0. The summed E-state index contributed by atoms with van der Waals surface area (Å²) in [5.41, 5.74) is 13.3. The van der Waals surface area contributed by atoms with E-state index in [4.69, 9.17) is 15.0 Å². The van der Waals surface area contributed by atoms with E-state index in [0.29, 0.717) is 23.0 Å². The summed E-state index contributed by atoms with van der Waals surface area (Å²) in [4.78, 5) is 15.2. The smallest absolute Gasteiger partial charge is 0.164 e. The van der Waals surface area contributed by atoms with E-state index in [1.54, 1.807) is 0 Å². The number of hydrogen-bond acceptors (Lipinski definition) is 4. The average Bonchev–Trinajstić information content (AvgIpc) is 3.67. The lowest BCUT2D eigenvalue weighted by atomic mass is 10.0. The van der Waals surface area contributed by atoms with Gasteiger partial charge in [-0.3, -0.25) is 0 Å². The average molecular weight is 778 g/mol. The van der Waals surface area contributed by atoms with Crippen molar-refractivity contribution < 1.29 is 0 Å². The van der Waals surface area contributed by atoms with Gasteiger partial charge in [-0.2, -0.15) is 5.26 Å². The summed E-state index contributed by atoms with van der Waals surface area (Å²) in [6, 6.07) is 75.8. The van der Waals surface area contributed by atoms with Gasteiger partial charge >= 0.3 is 0 Å². The van der Waals surface area contributed by atoms with E-state index in [1.807, 2.05) is 24.3 Å². The highest BCUT2D eigenvalue weighted by molar-refractivity contribution is 6.12. The van der Waals surface area contributed by atoms with Crippen LogP contribution in [-0.4, -0.2) is 19.5 Å². The van der Waals surface area contributed by atoms with Crippen LogP contribution in [0.4, 0.5) is 0 Å². The molecule has 11 aromatic rings. The van der Waals surface area contributed by atoms with Gasteiger partial charge < -0.3 is 4.57 Å². The third kappa shape index (κ3) is 6.59. The Morgan fingerprint density at radius 2 is 0.738 bits per heavy atom. The maximum Gasteiger partial charge on any atom is 0.164 e. The van der Waals surface area contributed by atoms with Gasteiger partial charge in [-0.1, -0.05) is 176 Å². The number of hydrogen-bond donors (Lipinski definition) is 0. The summed E-state index contributed by atoms with van der Waals surface area (Å²) >= 11 is 0. The highest BCUT2D eigenvalue weighted by Gasteiger charge is 2.17. The second-order valence-electron chi connectivity index (χ2n) is 15.2. The standard InChI is InChI=1S/C56H35N5/c57-36-37-18-32-52-49(34-37)50-35-47(31-33-53(50)61(52)51-17-9-15-43-14-7-8-16-48(43)51)42-23-29-46(30-24-42)56-59-54(44-25-19-40(20-26-44)38-10-3-1-4-11-38)58-55(60-56)45-27-21-41(22-28-45)39-12-5-2-6-13-39/h1-35H. The summed E-state index contributed by atoms with van der Waals surface area (Å²) < 4.78 is 2.32. The molecule has 0 bridgehead atoms. The number of rotatable bonds is 7. The summed E-state index contributed by atoms with van der Waals surface area (Å²) in [7, 11) is 0. The van der Waals surface area contributed by atoms with Crippen molar-refractivity contribution in [1.29, 1.82) is 5.26 Å². The van der Waals surface area contributed by atoms with E-state index in [1.165, 1.54) is 10.8 Å². The fourth-order valence-corrected chi connectivity index (χ4v) is 8.39. The van der Waals surface area contributed by atoms with Crippen LogP contribution in [0.5, 0.6) is 0 Å². The zero-order valence-electron chi connectivity index (χ0n) is 32.9. The van der Waals surface area contributed by atoms with Gasteiger partial charge in [0.05, 0.1) is 28.4 Å². The third-order valence-electron chi connectivity index (χ3n) is 11.5. The molecule has 0 spiro atoms. The lowest BCUT2D eigenvalue weighted by molar-refractivity contribution is 1.07. The minimum atomic E-state index is 0.600. The SMILES string of the molecule is N#Cc1ccc2c(c1)c1cc(-c3ccc(-c4nc(-c5ccc(-c6ccccc6)cc5)nc(-c5ccc(-c6ccccc6)cc5)n4)cc3)ccc1n2-c1cccc2ccccc12. The van der Waals surface area contributed by atoms with E-state index in [-0.39, 0.29) is 0 Å². The summed E-state index contributed by atoms with van der Waals surface area (Å²) in [5.74, 6) is 1.82. The van der Waals surface area contributed by atoms with Crippen LogP contribution in [0.2, 0.25) is 0 Å². The highest BCUT2D eigenvalue weighted by Crippen LogP contribution is 2.38. The Bertz CT molecular complexity index is 3330. The topological polar surface area (TPSA) is 67.4 Å². The Labute approximate surface area is 353 Å². The molecular formula is C56H35N5. The lowest BCUT2D eigenvalue weighted by Gasteiger charge is -2.12. The second-order valence-corrected chi connectivity index (χ2v) is 15.2. The van der Waals surface area contributed by atoms with Crippen LogP contribution in [-0.2, 0) is 0 Å². The van der Waals surface area contributed by atoms with Crippen molar-refractivity contribution in [3.8, 4) is 79.3 Å². The molecule has 0 aliphatic rings. The van der Waals surface area contributed by atoms with Crippen LogP contribution in [0.25, 0.3) is 106 Å². The first-order valence-corrected chi connectivity index (χ1v) is 20.3.